The first-order chi connectivity index (χ1) is 8.93. The van der Waals surface area contributed by atoms with E-state index in [2.05, 4.69) is 19.2 Å². The van der Waals surface area contributed by atoms with Crippen LogP contribution in [0.1, 0.15) is 37.8 Å². The Kier molecular flexibility index (Phi) is 6.35. The third-order valence-corrected chi connectivity index (χ3v) is 3.11. The van der Waals surface area contributed by atoms with Crippen molar-refractivity contribution in [3.63, 3.8) is 0 Å². The number of hydrogen-bond donors (Lipinski definition) is 1. The molecule has 0 bridgehead atoms. The van der Waals surface area contributed by atoms with Crippen LogP contribution in [0, 0.1) is 5.92 Å². The van der Waals surface area contributed by atoms with Crippen molar-refractivity contribution in [3.05, 3.63) is 35.4 Å². The van der Waals surface area contributed by atoms with E-state index in [1.54, 1.807) is 12.1 Å². The van der Waals surface area contributed by atoms with Crippen LogP contribution in [0.25, 0.3) is 0 Å². The molecule has 1 unspecified atom stereocenters. The lowest BCUT2D eigenvalue weighted by atomic mass is 9.97. The van der Waals surface area contributed by atoms with Gasteiger partial charge in [-0.15, -0.1) is 0 Å². The van der Waals surface area contributed by atoms with E-state index in [1.165, 1.54) is 0 Å². The average molecular weight is 273 g/mol. The molecule has 0 heterocycles. The van der Waals surface area contributed by atoms with Crippen molar-refractivity contribution >= 4 is 0 Å². The van der Waals surface area contributed by atoms with Crippen LogP contribution >= 0.6 is 0 Å². The third-order valence-electron chi connectivity index (χ3n) is 3.11. The molecule has 0 aliphatic carbocycles. The fourth-order valence-corrected chi connectivity index (χ4v) is 1.98. The normalized spacial score (nSPS) is 13.5. The number of halogens is 3. The van der Waals surface area contributed by atoms with E-state index < -0.39 is 11.7 Å². The quantitative estimate of drug-likeness (QED) is 0.731. The molecular weight excluding hydrogens is 251 g/mol. The number of hydrogen-bond acceptors (Lipinski definition) is 1. The fraction of sp³-hybridized carbons (Fsp3) is 0.600. The maximum absolute atomic E-state index is 12.4. The van der Waals surface area contributed by atoms with Gasteiger partial charge < -0.3 is 5.32 Å². The van der Waals surface area contributed by atoms with Crippen molar-refractivity contribution < 1.29 is 13.2 Å². The van der Waals surface area contributed by atoms with Crippen LogP contribution in [0.15, 0.2) is 24.3 Å². The summed E-state index contributed by atoms with van der Waals surface area (Å²) < 4.78 is 37.2. The van der Waals surface area contributed by atoms with Crippen molar-refractivity contribution in [2.75, 3.05) is 13.1 Å². The van der Waals surface area contributed by atoms with Crippen molar-refractivity contribution in [1.82, 2.24) is 5.32 Å². The molecule has 1 aromatic carbocycles. The molecule has 0 aliphatic rings. The second kappa shape index (κ2) is 7.53. The zero-order valence-corrected chi connectivity index (χ0v) is 11.6. The number of nitrogens with one attached hydrogen (secondary N) is 1. The molecule has 1 aromatic rings. The van der Waals surface area contributed by atoms with Gasteiger partial charge in [-0.25, -0.2) is 0 Å². The summed E-state index contributed by atoms with van der Waals surface area (Å²) >= 11 is 0. The predicted molar refractivity (Wildman–Crippen MR) is 72.1 cm³/mol. The summed E-state index contributed by atoms with van der Waals surface area (Å²) in [4.78, 5) is 0. The highest BCUT2D eigenvalue weighted by atomic mass is 19.4. The first-order valence-electron chi connectivity index (χ1n) is 6.80. The number of rotatable bonds is 7. The van der Waals surface area contributed by atoms with E-state index in [0.717, 1.165) is 50.0 Å². The smallest absolute Gasteiger partial charge is 0.317 e. The van der Waals surface area contributed by atoms with Gasteiger partial charge in [0.05, 0.1) is 5.56 Å². The summed E-state index contributed by atoms with van der Waals surface area (Å²) in [6, 6.07) is 5.49. The zero-order valence-electron chi connectivity index (χ0n) is 11.6. The summed E-state index contributed by atoms with van der Waals surface area (Å²) in [5.41, 5.74) is 0.393. The standard InChI is InChI=1S/C15H22F3N/c1-3-9-19-10-8-12(2)11-13-4-6-14(7-5-13)15(16,17)18/h4-7,12,19H,3,8-11H2,1-2H3. The lowest BCUT2D eigenvalue weighted by molar-refractivity contribution is -0.137. The second-order valence-corrected chi connectivity index (χ2v) is 5.04. The van der Waals surface area contributed by atoms with Gasteiger partial charge in [0.2, 0.25) is 0 Å². The van der Waals surface area contributed by atoms with Crippen LogP contribution in [0.3, 0.4) is 0 Å². The van der Waals surface area contributed by atoms with Gasteiger partial charge in [-0.05, 0) is 56.0 Å². The predicted octanol–water partition coefficient (Wildman–Crippen LogP) is 4.27. The molecule has 19 heavy (non-hydrogen) atoms. The Morgan fingerprint density at radius 2 is 1.74 bits per heavy atom. The van der Waals surface area contributed by atoms with E-state index in [4.69, 9.17) is 0 Å². The summed E-state index contributed by atoms with van der Waals surface area (Å²) in [5.74, 6) is 0.473. The van der Waals surface area contributed by atoms with Gasteiger partial charge in [0.15, 0.2) is 0 Å². The molecular formula is C15H22F3N. The Labute approximate surface area is 113 Å². The van der Waals surface area contributed by atoms with Gasteiger partial charge in [-0.3, -0.25) is 0 Å². The van der Waals surface area contributed by atoms with Gasteiger partial charge >= 0.3 is 6.18 Å². The number of alkyl halides is 3. The first-order valence-corrected chi connectivity index (χ1v) is 6.80. The Morgan fingerprint density at radius 1 is 1.11 bits per heavy atom. The third kappa shape index (κ3) is 6.10. The van der Waals surface area contributed by atoms with Crippen LogP contribution in [-0.4, -0.2) is 13.1 Å². The highest BCUT2D eigenvalue weighted by molar-refractivity contribution is 5.24. The molecule has 1 rings (SSSR count). The molecule has 4 heteroatoms. The highest BCUT2D eigenvalue weighted by Gasteiger charge is 2.29. The lowest BCUT2D eigenvalue weighted by Crippen LogP contribution is -2.18. The molecule has 1 atom stereocenters. The molecule has 0 saturated heterocycles. The Hall–Kier alpha value is -1.03. The van der Waals surface area contributed by atoms with Crippen LogP contribution in [0.4, 0.5) is 13.2 Å². The summed E-state index contributed by atoms with van der Waals surface area (Å²) in [7, 11) is 0. The van der Waals surface area contributed by atoms with Crippen molar-refractivity contribution in [2.45, 2.75) is 39.3 Å². The molecule has 0 saturated carbocycles. The fourth-order valence-electron chi connectivity index (χ4n) is 1.98. The van der Waals surface area contributed by atoms with Gasteiger partial charge in [0.1, 0.15) is 0 Å². The zero-order chi connectivity index (χ0) is 14.3. The minimum atomic E-state index is -4.24. The SMILES string of the molecule is CCCNCCC(C)Cc1ccc(C(F)(F)F)cc1. The monoisotopic (exact) mass is 273 g/mol. The van der Waals surface area contributed by atoms with Crippen LogP contribution < -0.4 is 5.32 Å². The molecule has 0 aromatic heterocycles. The van der Waals surface area contributed by atoms with Gasteiger partial charge in [0, 0.05) is 0 Å². The van der Waals surface area contributed by atoms with E-state index >= 15 is 0 Å². The van der Waals surface area contributed by atoms with Crippen molar-refractivity contribution in [3.8, 4) is 0 Å². The second-order valence-electron chi connectivity index (χ2n) is 5.04. The van der Waals surface area contributed by atoms with Crippen LogP contribution in [-0.2, 0) is 12.6 Å². The summed E-state index contributed by atoms with van der Waals surface area (Å²) in [6.07, 6.45) is -1.26. The van der Waals surface area contributed by atoms with Crippen LogP contribution in [0.2, 0.25) is 0 Å². The molecule has 0 amide bonds. The van der Waals surface area contributed by atoms with E-state index in [-0.39, 0.29) is 0 Å². The average Bonchev–Trinajstić information content (AvgIpc) is 2.34. The lowest BCUT2D eigenvalue weighted by Gasteiger charge is -2.13. The molecule has 0 aliphatic heterocycles. The minimum absolute atomic E-state index is 0.473. The Bertz CT molecular complexity index is 357. The topological polar surface area (TPSA) is 12.0 Å². The Balaban J connectivity index is 2.40. The number of benzene rings is 1. The maximum atomic E-state index is 12.4. The first kappa shape index (κ1) is 16.0. The molecule has 0 radical (unpaired) electrons. The van der Waals surface area contributed by atoms with E-state index in [0.29, 0.717) is 5.92 Å². The molecule has 1 N–H and O–H groups in total. The van der Waals surface area contributed by atoms with Crippen molar-refractivity contribution in [1.29, 1.82) is 0 Å². The highest BCUT2D eigenvalue weighted by Crippen LogP contribution is 2.29. The van der Waals surface area contributed by atoms with Gasteiger partial charge in [-0.1, -0.05) is 26.0 Å². The van der Waals surface area contributed by atoms with Crippen LogP contribution in [0.5, 0.6) is 0 Å². The summed E-state index contributed by atoms with van der Waals surface area (Å²) in [5, 5.41) is 3.33. The maximum Gasteiger partial charge on any atom is 0.416 e. The van der Waals surface area contributed by atoms with Gasteiger partial charge in [0.25, 0.3) is 0 Å². The Morgan fingerprint density at radius 3 is 2.26 bits per heavy atom. The van der Waals surface area contributed by atoms with E-state index in [1.807, 2.05) is 0 Å². The molecule has 0 spiro atoms. The van der Waals surface area contributed by atoms with E-state index in [9.17, 15) is 13.2 Å². The van der Waals surface area contributed by atoms with Crippen molar-refractivity contribution in [2.24, 2.45) is 5.92 Å². The minimum Gasteiger partial charge on any atom is -0.317 e. The summed E-state index contributed by atoms with van der Waals surface area (Å²) in [6.45, 7) is 6.24. The largest absolute Gasteiger partial charge is 0.416 e. The van der Waals surface area contributed by atoms with Gasteiger partial charge in [-0.2, -0.15) is 13.2 Å². The molecule has 1 nitrogen and oxygen atoms in total. The molecule has 0 fully saturated rings. The molecule has 108 valence electrons.